The molecule has 47 heavy (non-hydrogen) atoms. The van der Waals surface area contributed by atoms with Crippen LogP contribution in [0.15, 0.2) is 60.2 Å². The van der Waals surface area contributed by atoms with Crippen molar-refractivity contribution in [2.45, 2.75) is 51.0 Å². The molecule has 3 N–H and O–H groups in total. The molecule has 2 saturated heterocycles. The number of benzene rings is 2. The SMILES string of the molecule is O=C(O)CCCN1C(=O)[C@H]2[C@H](CC=C3[C@H]2C[C@H]2C(=O)N(CCCC(=O)O)C(=O)[C@H]2[C@H]3c2ccc(OCc3ccccc3)cc2O)C1=O. The highest BCUT2D eigenvalue weighted by molar-refractivity contribution is 6.08. The maximum absolute atomic E-state index is 13.9. The molecule has 6 atom stereocenters. The second kappa shape index (κ2) is 13.0. The molecule has 4 amide bonds. The maximum Gasteiger partial charge on any atom is 0.303 e. The molecule has 1 saturated carbocycles. The van der Waals surface area contributed by atoms with E-state index < -0.39 is 65.2 Å². The van der Waals surface area contributed by atoms with E-state index in [9.17, 15) is 33.9 Å². The van der Waals surface area contributed by atoms with E-state index in [0.29, 0.717) is 16.9 Å². The van der Waals surface area contributed by atoms with E-state index in [0.717, 1.165) is 15.4 Å². The third kappa shape index (κ3) is 5.99. The average molecular weight is 645 g/mol. The molecule has 2 heterocycles. The van der Waals surface area contributed by atoms with Crippen LogP contribution < -0.4 is 4.74 Å². The van der Waals surface area contributed by atoms with Gasteiger partial charge in [0, 0.05) is 43.5 Å². The van der Waals surface area contributed by atoms with Crippen molar-refractivity contribution in [1.82, 2.24) is 9.80 Å². The zero-order valence-electron chi connectivity index (χ0n) is 25.6. The molecule has 0 spiro atoms. The summed E-state index contributed by atoms with van der Waals surface area (Å²) in [5.74, 6) is -8.01. The fraction of sp³-hybridized carbons (Fsp3) is 0.429. The Labute approximate surface area is 270 Å². The Morgan fingerprint density at radius 3 is 2.00 bits per heavy atom. The first-order valence-electron chi connectivity index (χ1n) is 15.9. The fourth-order valence-corrected chi connectivity index (χ4v) is 7.90. The number of hydrogen-bond acceptors (Lipinski definition) is 8. The Morgan fingerprint density at radius 2 is 1.38 bits per heavy atom. The number of carbonyl (C=O) groups excluding carboxylic acids is 4. The van der Waals surface area contributed by atoms with Crippen LogP contribution in [0.2, 0.25) is 0 Å². The number of aromatic hydroxyl groups is 1. The van der Waals surface area contributed by atoms with E-state index in [-0.39, 0.29) is 69.9 Å². The van der Waals surface area contributed by atoms with Gasteiger partial charge < -0.3 is 20.1 Å². The second-order valence-corrected chi connectivity index (χ2v) is 12.7. The topological polar surface area (TPSA) is 179 Å². The van der Waals surface area contributed by atoms with Crippen molar-refractivity contribution in [1.29, 1.82) is 0 Å². The van der Waals surface area contributed by atoms with Gasteiger partial charge in [-0.15, -0.1) is 0 Å². The molecule has 3 fully saturated rings. The van der Waals surface area contributed by atoms with Crippen molar-refractivity contribution in [3.05, 3.63) is 71.3 Å². The number of carboxylic acids is 2. The maximum atomic E-state index is 13.9. The van der Waals surface area contributed by atoms with Gasteiger partial charge in [-0.1, -0.05) is 48.0 Å². The Bertz CT molecular complexity index is 1650. The number of ether oxygens (including phenoxy) is 1. The first-order valence-corrected chi connectivity index (χ1v) is 15.9. The van der Waals surface area contributed by atoms with Crippen molar-refractivity contribution in [2.24, 2.45) is 29.6 Å². The largest absolute Gasteiger partial charge is 0.508 e. The number of allylic oxidation sites excluding steroid dienone is 2. The molecule has 246 valence electrons. The number of amides is 4. The number of aliphatic carboxylic acids is 2. The normalized spacial score (nSPS) is 26.5. The molecule has 12 heteroatoms. The second-order valence-electron chi connectivity index (χ2n) is 12.7. The van der Waals surface area contributed by atoms with Gasteiger partial charge in [-0.3, -0.25) is 38.6 Å². The Balaban J connectivity index is 1.33. The molecule has 2 aliphatic heterocycles. The van der Waals surface area contributed by atoms with E-state index in [4.69, 9.17) is 14.9 Å². The summed E-state index contributed by atoms with van der Waals surface area (Å²) in [4.78, 5) is 79.3. The lowest BCUT2D eigenvalue weighted by atomic mass is 9.57. The summed E-state index contributed by atoms with van der Waals surface area (Å²) in [7, 11) is 0. The Kier molecular flexibility index (Phi) is 8.85. The van der Waals surface area contributed by atoms with Crippen LogP contribution in [0.25, 0.3) is 0 Å². The number of rotatable bonds is 12. The molecule has 6 rings (SSSR count). The summed E-state index contributed by atoms with van der Waals surface area (Å²) in [6.07, 6.45) is 2.04. The van der Waals surface area contributed by atoms with Crippen LogP contribution in [0.1, 0.15) is 55.6 Å². The number of phenols is 1. The lowest BCUT2D eigenvalue weighted by Crippen LogP contribution is -2.43. The zero-order chi connectivity index (χ0) is 33.4. The minimum atomic E-state index is -1.04. The van der Waals surface area contributed by atoms with Crippen LogP contribution in [0.3, 0.4) is 0 Å². The van der Waals surface area contributed by atoms with E-state index in [1.54, 1.807) is 12.1 Å². The Morgan fingerprint density at radius 1 is 0.766 bits per heavy atom. The van der Waals surface area contributed by atoms with Gasteiger partial charge in [-0.25, -0.2) is 0 Å². The highest BCUT2D eigenvalue weighted by atomic mass is 16.5. The van der Waals surface area contributed by atoms with Crippen LogP contribution in [-0.4, -0.2) is 73.8 Å². The monoisotopic (exact) mass is 644 g/mol. The smallest absolute Gasteiger partial charge is 0.303 e. The molecule has 0 bridgehead atoms. The number of imide groups is 2. The van der Waals surface area contributed by atoms with Crippen LogP contribution >= 0.6 is 0 Å². The minimum Gasteiger partial charge on any atom is -0.508 e. The summed E-state index contributed by atoms with van der Waals surface area (Å²) in [6.45, 7) is 0.183. The summed E-state index contributed by atoms with van der Waals surface area (Å²) in [5.41, 5.74) is 2.04. The minimum absolute atomic E-state index is 0.0193. The van der Waals surface area contributed by atoms with Crippen molar-refractivity contribution in [3.8, 4) is 11.5 Å². The molecule has 4 aliphatic rings. The average Bonchev–Trinajstić information content (AvgIpc) is 3.43. The first-order chi connectivity index (χ1) is 22.6. The van der Waals surface area contributed by atoms with Crippen LogP contribution in [0.4, 0.5) is 0 Å². The number of carbonyl (C=O) groups is 6. The number of carboxylic acid groups (broad SMARTS) is 2. The predicted molar refractivity (Wildman–Crippen MR) is 164 cm³/mol. The number of fused-ring (bicyclic) bond motifs is 4. The van der Waals surface area contributed by atoms with Gasteiger partial charge >= 0.3 is 11.9 Å². The molecular formula is C35H36N2O10. The lowest BCUT2D eigenvalue weighted by molar-refractivity contribution is -0.143. The van der Waals surface area contributed by atoms with Crippen LogP contribution in [0.5, 0.6) is 11.5 Å². The third-order valence-electron chi connectivity index (χ3n) is 9.96. The molecule has 12 nitrogen and oxygen atoms in total. The highest BCUT2D eigenvalue weighted by Gasteiger charge is 2.62. The summed E-state index contributed by atoms with van der Waals surface area (Å²) in [5, 5.41) is 29.6. The summed E-state index contributed by atoms with van der Waals surface area (Å²) < 4.78 is 5.89. The van der Waals surface area contributed by atoms with E-state index in [1.807, 2.05) is 36.4 Å². The molecule has 2 aromatic rings. The summed E-state index contributed by atoms with van der Waals surface area (Å²) in [6, 6.07) is 14.3. The number of likely N-dealkylation sites (tertiary alicyclic amines) is 2. The van der Waals surface area contributed by atoms with Gasteiger partial charge in [0.25, 0.3) is 0 Å². The molecule has 2 aliphatic carbocycles. The van der Waals surface area contributed by atoms with E-state index >= 15 is 0 Å². The first kappa shape index (κ1) is 32.0. The van der Waals surface area contributed by atoms with E-state index in [1.165, 1.54) is 6.07 Å². The standard InChI is InChI=1S/C35H36N2O10/c38-26-16-20(47-18-19-6-2-1-3-7-19)10-11-22(26)29-21-12-13-23-30(34(45)36(32(23)43)14-4-8-27(39)40)24(21)17-25-31(29)35(46)37(33(25)44)15-5-9-28(41)42/h1-3,6-7,10-12,16,23-25,29-31,38H,4-5,8-9,13-15,17-18H2,(H,39,40)(H,41,42)/t23-,24+,25+,29+,30-,31+/m0/s1. The quantitative estimate of drug-likeness (QED) is 0.229. The van der Waals surface area contributed by atoms with Gasteiger partial charge in [0.15, 0.2) is 0 Å². The molecule has 0 unspecified atom stereocenters. The van der Waals surface area contributed by atoms with Gasteiger partial charge in [-0.05, 0) is 43.2 Å². The Hall–Kier alpha value is -5.00. The molecule has 0 radical (unpaired) electrons. The van der Waals surface area contributed by atoms with Crippen molar-refractivity contribution in [2.75, 3.05) is 13.1 Å². The molecule has 2 aromatic carbocycles. The molecule has 0 aromatic heterocycles. The highest BCUT2D eigenvalue weighted by Crippen LogP contribution is 2.59. The number of hydrogen-bond donors (Lipinski definition) is 3. The van der Waals surface area contributed by atoms with Crippen molar-refractivity contribution in [3.63, 3.8) is 0 Å². The van der Waals surface area contributed by atoms with Gasteiger partial charge in [0.1, 0.15) is 18.1 Å². The van der Waals surface area contributed by atoms with E-state index in [2.05, 4.69) is 0 Å². The number of nitrogens with zero attached hydrogens (tertiary/aromatic N) is 2. The lowest BCUT2D eigenvalue weighted by Gasteiger charge is -2.44. The van der Waals surface area contributed by atoms with Crippen molar-refractivity contribution < 1.29 is 48.8 Å². The zero-order valence-corrected chi connectivity index (χ0v) is 25.6. The fourth-order valence-electron chi connectivity index (χ4n) is 7.90. The van der Waals surface area contributed by atoms with Crippen LogP contribution in [0, 0.1) is 29.6 Å². The number of phenolic OH excluding ortho intramolecular Hbond substituents is 1. The van der Waals surface area contributed by atoms with Gasteiger partial charge in [0.05, 0.1) is 23.7 Å². The predicted octanol–water partition coefficient (Wildman–Crippen LogP) is 3.34. The molecular weight excluding hydrogens is 608 g/mol. The van der Waals surface area contributed by atoms with Crippen LogP contribution in [-0.2, 0) is 35.4 Å². The summed E-state index contributed by atoms with van der Waals surface area (Å²) >= 11 is 0. The third-order valence-corrected chi connectivity index (χ3v) is 9.96. The van der Waals surface area contributed by atoms with Gasteiger partial charge in [0.2, 0.25) is 23.6 Å². The van der Waals surface area contributed by atoms with Gasteiger partial charge in [-0.2, -0.15) is 0 Å². The van der Waals surface area contributed by atoms with Crippen molar-refractivity contribution >= 4 is 35.6 Å².